The van der Waals surface area contributed by atoms with Crippen LogP contribution >= 0.6 is 0 Å². The number of aromatic carboxylic acids is 1. The Hall–Kier alpha value is -2.46. The highest BCUT2D eigenvalue weighted by Crippen LogP contribution is 2.12. The van der Waals surface area contributed by atoms with E-state index < -0.39 is 11.9 Å². The molecule has 0 aliphatic heterocycles. The molecular formula is C18H24N2O4. The van der Waals surface area contributed by atoms with Crippen molar-refractivity contribution in [1.82, 2.24) is 0 Å². The number of esters is 1. The Labute approximate surface area is 142 Å². The maximum absolute atomic E-state index is 11.9. The lowest BCUT2D eigenvalue weighted by atomic mass is 10.1. The van der Waals surface area contributed by atoms with Gasteiger partial charge >= 0.3 is 11.9 Å². The number of unbranched alkanes of at least 4 members (excludes halogenated alkanes) is 7. The molecule has 0 saturated carbocycles. The quantitative estimate of drug-likeness (QED) is 0.206. The molecule has 6 nitrogen and oxygen atoms in total. The molecule has 0 aliphatic carbocycles. The number of carbonyl (C=O) groups is 2. The van der Waals surface area contributed by atoms with Gasteiger partial charge in [0.15, 0.2) is 0 Å². The highest BCUT2D eigenvalue weighted by Gasteiger charge is 2.16. The molecule has 0 bridgehead atoms. The minimum absolute atomic E-state index is 0.0336. The zero-order chi connectivity index (χ0) is 17.6. The molecule has 0 aliphatic rings. The van der Waals surface area contributed by atoms with Crippen molar-refractivity contribution in [2.45, 2.75) is 51.4 Å². The van der Waals surface area contributed by atoms with Crippen molar-refractivity contribution < 1.29 is 24.2 Å². The third kappa shape index (κ3) is 7.70. The minimum atomic E-state index is -1.13. The molecule has 1 N–H and O–H groups in total. The highest BCUT2D eigenvalue weighted by atomic mass is 16.5. The molecule has 6 heteroatoms. The number of carbonyl (C=O) groups excluding carboxylic acids is 1. The summed E-state index contributed by atoms with van der Waals surface area (Å²) in [5.74, 6) is -1.72. The van der Waals surface area contributed by atoms with Crippen LogP contribution in [0.1, 0.15) is 72.1 Å². The standard InChI is InChI=1S/C18H24N2O4/c19-20-13-9-5-3-1-2-4-6-10-14-24-18(23)16-12-8-7-11-15(16)17(21)22/h7-8,11-13H,1-6,9-10,14H2,(H,21,22). The molecule has 1 aromatic rings. The Morgan fingerprint density at radius 2 is 1.58 bits per heavy atom. The van der Waals surface area contributed by atoms with Crippen LogP contribution in [-0.2, 0) is 4.74 Å². The number of nitrogens with zero attached hydrogens (tertiary/aromatic N) is 2. The predicted octanol–water partition coefficient (Wildman–Crippen LogP) is 3.96. The molecule has 130 valence electrons. The van der Waals surface area contributed by atoms with Gasteiger partial charge in [0.05, 0.1) is 17.7 Å². The van der Waals surface area contributed by atoms with Gasteiger partial charge in [0.2, 0.25) is 0 Å². The summed E-state index contributed by atoms with van der Waals surface area (Å²) in [5.41, 5.74) is 8.31. The second kappa shape index (κ2) is 12.0. The van der Waals surface area contributed by atoms with E-state index >= 15 is 0 Å². The van der Waals surface area contributed by atoms with Crippen molar-refractivity contribution in [3.63, 3.8) is 0 Å². The minimum Gasteiger partial charge on any atom is -0.478 e. The number of carboxylic acids is 1. The van der Waals surface area contributed by atoms with Crippen molar-refractivity contribution in [2.24, 2.45) is 0 Å². The van der Waals surface area contributed by atoms with Gasteiger partial charge in [-0.1, -0.05) is 44.2 Å². The zero-order valence-electron chi connectivity index (χ0n) is 13.8. The lowest BCUT2D eigenvalue weighted by Crippen LogP contribution is -2.12. The van der Waals surface area contributed by atoms with Gasteiger partial charge in [0.25, 0.3) is 6.21 Å². The number of hydrogen-bond donors (Lipinski definition) is 1. The van der Waals surface area contributed by atoms with Crippen LogP contribution in [0.4, 0.5) is 0 Å². The van der Waals surface area contributed by atoms with Crippen LogP contribution in [0.15, 0.2) is 24.3 Å². The lowest BCUT2D eigenvalue weighted by molar-refractivity contribution is 0.000717. The molecule has 0 heterocycles. The van der Waals surface area contributed by atoms with E-state index in [1.165, 1.54) is 18.3 Å². The first-order valence-corrected chi connectivity index (χ1v) is 8.32. The average Bonchev–Trinajstić information content (AvgIpc) is 2.59. The molecule has 1 aromatic carbocycles. The zero-order valence-corrected chi connectivity index (χ0v) is 13.8. The third-order valence-electron chi connectivity index (χ3n) is 3.67. The molecule has 0 unspecified atom stereocenters. The Balaban J connectivity index is 2.12. The summed E-state index contributed by atoms with van der Waals surface area (Å²) in [5, 5.41) is 9.05. The predicted molar refractivity (Wildman–Crippen MR) is 90.3 cm³/mol. The lowest BCUT2D eigenvalue weighted by Gasteiger charge is -2.07. The number of rotatable bonds is 12. The Morgan fingerprint density at radius 1 is 1.00 bits per heavy atom. The van der Waals surface area contributed by atoms with Gasteiger partial charge in [-0.3, -0.25) is 0 Å². The summed E-state index contributed by atoms with van der Waals surface area (Å²) >= 11 is 0. The van der Waals surface area contributed by atoms with Gasteiger partial charge in [0.1, 0.15) is 0 Å². The monoisotopic (exact) mass is 332 g/mol. The average molecular weight is 332 g/mol. The van der Waals surface area contributed by atoms with Crippen LogP contribution in [0.25, 0.3) is 5.53 Å². The van der Waals surface area contributed by atoms with Gasteiger partial charge in [-0.2, -0.15) is 4.79 Å². The number of benzene rings is 1. The maximum atomic E-state index is 11.9. The second-order valence-electron chi connectivity index (χ2n) is 5.55. The molecule has 0 fully saturated rings. The SMILES string of the molecule is [N-]=[N+]=CCCCCCCCCCOC(=O)c1ccccc1C(=O)O. The summed E-state index contributed by atoms with van der Waals surface area (Å²) in [6.07, 6.45) is 9.58. The van der Waals surface area contributed by atoms with Gasteiger partial charge in [0, 0.05) is 6.42 Å². The van der Waals surface area contributed by atoms with E-state index in [0.717, 1.165) is 51.4 Å². The van der Waals surface area contributed by atoms with E-state index in [0.29, 0.717) is 6.61 Å². The molecule has 0 spiro atoms. The molecule has 0 saturated heterocycles. The van der Waals surface area contributed by atoms with E-state index in [9.17, 15) is 9.59 Å². The van der Waals surface area contributed by atoms with Crippen molar-refractivity contribution in [3.05, 3.63) is 40.9 Å². The van der Waals surface area contributed by atoms with E-state index in [-0.39, 0.29) is 11.1 Å². The summed E-state index contributed by atoms with van der Waals surface area (Å²) < 4.78 is 5.15. The Morgan fingerprint density at radius 3 is 2.21 bits per heavy atom. The largest absolute Gasteiger partial charge is 0.478 e. The topological polar surface area (TPSA) is 100 Å². The summed E-state index contributed by atoms with van der Waals surface area (Å²) in [4.78, 5) is 25.9. The first-order chi connectivity index (χ1) is 11.7. The smallest absolute Gasteiger partial charge is 0.339 e. The van der Waals surface area contributed by atoms with Crippen LogP contribution in [0.5, 0.6) is 0 Å². The number of hydrogen-bond acceptors (Lipinski definition) is 3. The van der Waals surface area contributed by atoms with E-state index in [1.54, 1.807) is 12.1 Å². The third-order valence-corrected chi connectivity index (χ3v) is 3.67. The second-order valence-corrected chi connectivity index (χ2v) is 5.55. The van der Waals surface area contributed by atoms with Crippen molar-refractivity contribution in [3.8, 4) is 0 Å². The molecule has 24 heavy (non-hydrogen) atoms. The van der Waals surface area contributed by atoms with Gasteiger partial charge in [-0.15, -0.1) is 0 Å². The Bertz CT molecular complexity index is 580. The summed E-state index contributed by atoms with van der Waals surface area (Å²) in [7, 11) is 0. The van der Waals surface area contributed by atoms with Crippen LogP contribution in [-0.4, -0.2) is 34.7 Å². The Kier molecular flexibility index (Phi) is 9.81. The molecule has 1 rings (SSSR count). The molecule has 0 atom stereocenters. The van der Waals surface area contributed by atoms with Crippen LogP contribution < -0.4 is 0 Å². The van der Waals surface area contributed by atoms with Gasteiger partial charge < -0.3 is 15.4 Å². The number of carboxylic acid groups (broad SMARTS) is 1. The van der Waals surface area contributed by atoms with Crippen molar-refractivity contribution in [2.75, 3.05) is 6.61 Å². The molecule has 0 amide bonds. The van der Waals surface area contributed by atoms with Crippen molar-refractivity contribution in [1.29, 1.82) is 0 Å². The normalized spacial score (nSPS) is 10.0. The maximum Gasteiger partial charge on any atom is 0.339 e. The molecule has 0 aromatic heterocycles. The fourth-order valence-electron chi connectivity index (χ4n) is 2.37. The first-order valence-electron chi connectivity index (χ1n) is 8.32. The highest BCUT2D eigenvalue weighted by molar-refractivity contribution is 6.02. The van der Waals surface area contributed by atoms with Crippen LogP contribution in [0.2, 0.25) is 0 Å². The van der Waals surface area contributed by atoms with Crippen molar-refractivity contribution >= 4 is 18.2 Å². The molecular weight excluding hydrogens is 308 g/mol. The fourth-order valence-corrected chi connectivity index (χ4v) is 2.37. The van der Waals surface area contributed by atoms with E-state index in [2.05, 4.69) is 4.79 Å². The van der Waals surface area contributed by atoms with E-state index in [4.69, 9.17) is 15.4 Å². The van der Waals surface area contributed by atoms with E-state index in [1.807, 2.05) is 0 Å². The van der Waals surface area contributed by atoms with Gasteiger partial charge in [-0.25, -0.2) is 9.59 Å². The van der Waals surface area contributed by atoms with Gasteiger partial charge in [-0.05, 0) is 25.0 Å². The number of ether oxygens (including phenoxy) is 1. The van der Waals surface area contributed by atoms with Crippen LogP contribution in [0.3, 0.4) is 0 Å². The fraction of sp³-hybridized carbons (Fsp3) is 0.500. The summed E-state index contributed by atoms with van der Waals surface area (Å²) in [6, 6.07) is 6.06. The first kappa shape index (κ1) is 19.6. The summed E-state index contributed by atoms with van der Waals surface area (Å²) in [6.45, 7) is 0.305. The van der Waals surface area contributed by atoms with Crippen LogP contribution in [0, 0.1) is 0 Å². The molecule has 0 radical (unpaired) electrons.